The number of amides is 1. The Morgan fingerprint density at radius 2 is 2.16 bits per heavy atom. The lowest BCUT2D eigenvalue weighted by Crippen LogP contribution is -2.31. The highest BCUT2D eigenvalue weighted by Gasteiger charge is 2.22. The minimum absolute atomic E-state index is 0.0565. The molecule has 0 spiro atoms. The van der Waals surface area contributed by atoms with E-state index in [1.165, 1.54) is 13.2 Å². The number of carbonyl (C=O) groups is 2. The minimum atomic E-state index is -0.440. The molecule has 0 bridgehead atoms. The molecular formula is C13H17N3O3. The first-order chi connectivity index (χ1) is 9.10. The molecule has 1 aromatic carbocycles. The Labute approximate surface area is 111 Å². The molecular weight excluding hydrogens is 246 g/mol. The highest BCUT2D eigenvalue weighted by atomic mass is 16.5. The van der Waals surface area contributed by atoms with Crippen LogP contribution in [0.1, 0.15) is 23.2 Å². The molecule has 2 rings (SSSR count). The summed E-state index contributed by atoms with van der Waals surface area (Å²) in [6.07, 6.45) is 2.11. The van der Waals surface area contributed by atoms with E-state index in [4.69, 9.17) is 5.73 Å². The standard InChI is InChI=1S/C13H17N3O3/c1-19-13(18)8-2-5-11(10(14)6-8)15-7-12(17)16-9-3-4-9/h2,5-6,9,15H,3-4,7,14H2,1H3,(H,16,17). The Bertz CT molecular complexity index is 498. The third-order valence-corrected chi connectivity index (χ3v) is 2.85. The van der Waals surface area contributed by atoms with Gasteiger partial charge in [0.25, 0.3) is 0 Å². The molecule has 0 radical (unpaired) electrons. The second-order valence-corrected chi connectivity index (χ2v) is 4.49. The zero-order chi connectivity index (χ0) is 13.8. The van der Waals surface area contributed by atoms with Crippen molar-refractivity contribution in [2.45, 2.75) is 18.9 Å². The fourth-order valence-corrected chi connectivity index (χ4v) is 1.65. The molecule has 0 aromatic heterocycles. The second-order valence-electron chi connectivity index (χ2n) is 4.49. The number of carbonyl (C=O) groups excluding carboxylic acids is 2. The van der Waals surface area contributed by atoms with E-state index < -0.39 is 5.97 Å². The van der Waals surface area contributed by atoms with Crippen LogP contribution in [0, 0.1) is 0 Å². The maximum absolute atomic E-state index is 11.5. The summed E-state index contributed by atoms with van der Waals surface area (Å²) in [4.78, 5) is 22.8. The summed E-state index contributed by atoms with van der Waals surface area (Å²) in [5.41, 5.74) is 7.22. The second kappa shape index (κ2) is 5.60. The van der Waals surface area contributed by atoms with Crippen molar-refractivity contribution in [2.75, 3.05) is 24.7 Å². The smallest absolute Gasteiger partial charge is 0.337 e. The van der Waals surface area contributed by atoms with Crippen molar-refractivity contribution in [3.63, 3.8) is 0 Å². The van der Waals surface area contributed by atoms with Crippen molar-refractivity contribution in [3.8, 4) is 0 Å². The average Bonchev–Trinajstić information content (AvgIpc) is 3.20. The van der Waals surface area contributed by atoms with Gasteiger partial charge in [-0.1, -0.05) is 0 Å². The van der Waals surface area contributed by atoms with Crippen molar-refractivity contribution < 1.29 is 14.3 Å². The van der Waals surface area contributed by atoms with Crippen LogP contribution in [0.3, 0.4) is 0 Å². The molecule has 1 aliphatic carbocycles. The van der Waals surface area contributed by atoms with Crippen LogP contribution in [0.4, 0.5) is 11.4 Å². The Kier molecular flexibility index (Phi) is 3.89. The number of anilines is 2. The normalized spacial score (nSPS) is 13.7. The first-order valence-corrected chi connectivity index (χ1v) is 6.11. The molecule has 1 amide bonds. The molecule has 6 nitrogen and oxygen atoms in total. The number of hydrogen-bond acceptors (Lipinski definition) is 5. The topological polar surface area (TPSA) is 93.4 Å². The number of esters is 1. The van der Waals surface area contributed by atoms with Gasteiger partial charge in [-0.2, -0.15) is 0 Å². The molecule has 1 fully saturated rings. The predicted octanol–water partition coefficient (Wildman–Crippen LogP) is 0.746. The molecule has 0 heterocycles. The van der Waals surface area contributed by atoms with Crippen LogP contribution in [0.15, 0.2) is 18.2 Å². The van der Waals surface area contributed by atoms with Crippen LogP contribution in [-0.2, 0) is 9.53 Å². The molecule has 0 saturated heterocycles. The fourth-order valence-electron chi connectivity index (χ4n) is 1.65. The van der Waals surface area contributed by atoms with Crippen LogP contribution in [-0.4, -0.2) is 31.6 Å². The number of nitrogens with two attached hydrogens (primary N) is 1. The number of methoxy groups -OCH3 is 1. The number of nitrogens with one attached hydrogen (secondary N) is 2. The summed E-state index contributed by atoms with van der Waals surface area (Å²) in [7, 11) is 1.31. The zero-order valence-electron chi connectivity index (χ0n) is 10.7. The molecule has 4 N–H and O–H groups in total. The zero-order valence-corrected chi connectivity index (χ0v) is 10.7. The molecule has 1 saturated carbocycles. The lowest BCUT2D eigenvalue weighted by molar-refractivity contribution is -0.119. The SMILES string of the molecule is COC(=O)c1ccc(NCC(=O)NC2CC2)c(N)c1. The lowest BCUT2D eigenvalue weighted by Gasteiger charge is -2.10. The van der Waals surface area contributed by atoms with E-state index in [0.29, 0.717) is 23.0 Å². The van der Waals surface area contributed by atoms with Gasteiger partial charge in [0, 0.05) is 6.04 Å². The van der Waals surface area contributed by atoms with E-state index in [1.807, 2.05) is 0 Å². The monoisotopic (exact) mass is 263 g/mol. The summed E-state index contributed by atoms with van der Waals surface area (Å²) in [6, 6.07) is 5.12. The van der Waals surface area contributed by atoms with Gasteiger partial charge in [0.2, 0.25) is 5.91 Å². The van der Waals surface area contributed by atoms with Crippen molar-refractivity contribution in [2.24, 2.45) is 0 Å². The van der Waals surface area contributed by atoms with E-state index in [1.54, 1.807) is 12.1 Å². The third-order valence-electron chi connectivity index (χ3n) is 2.85. The highest BCUT2D eigenvalue weighted by molar-refractivity contribution is 5.92. The van der Waals surface area contributed by atoms with E-state index in [2.05, 4.69) is 15.4 Å². The summed E-state index contributed by atoms with van der Waals surface area (Å²) < 4.78 is 4.60. The fraction of sp³-hybridized carbons (Fsp3) is 0.385. The molecule has 19 heavy (non-hydrogen) atoms. The van der Waals surface area contributed by atoms with Gasteiger partial charge in [-0.25, -0.2) is 4.79 Å². The summed E-state index contributed by atoms with van der Waals surface area (Å²) in [5, 5.41) is 5.81. The van der Waals surface area contributed by atoms with Gasteiger partial charge in [0.05, 0.1) is 30.6 Å². The maximum atomic E-state index is 11.5. The lowest BCUT2D eigenvalue weighted by atomic mass is 10.1. The van der Waals surface area contributed by atoms with Gasteiger partial charge in [-0.15, -0.1) is 0 Å². The van der Waals surface area contributed by atoms with Gasteiger partial charge >= 0.3 is 5.97 Å². The largest absolute Gasteiger partial charge is 0.465 e. The molecule has 1 aromatic rings. The van der Waals surface area contributed by atoms with Crippen LogP contribution in [0.25, 0.3) is 0 Å². The highest BCUT2D eigenvalue weighted by Crippen LogP contribution is 2.21. The summed E-state index contributed by atoms with van der Waals surface area (Å²) in [6.45, 7) is 0.165. The first kappa shape index (κ1) is 13.2. The maximum Gasteiger partial charge on any atom is 0.337 e. The van der Waals surface area contributed by atoms with Gasteiger partial charge in [0.1, 0.15) is 0 Å². The Morgan fingerprint density at radius 3 is 2.74 bits per heavy atom. The molecule has 1 aliphatic rings. The Hall–Kier alpha value is -2.24. The summed E-state index contributed by atoms with van der Waals surface area (Å²) in [5.74, 6) is -0.497. The predicted molar refractivity (Wildman–Crippen MR) is 71.8 cm³/mol. The number of hydrogen-bond donors (Lipinski definition) is 3. The minimum Gasteiger partial charge on any atom is -0.465 e. The van der Waals surface area contributed by atoms with Crippen molar-refractivity contribution in [1.82, 2.24) is 5.32 Å². The van der Waals surface area contributed by atoms with E-state index >= 15 is 0 Å². The molecule has 6 heteroatoms. The van der Waals surface area contributed by atoms with E-state index in [9.17, 15) is 9.59 Å². The van der Waals surface area contributed by atoms with Crippen LogP contribution in [0.2, 0.25) is 0 Å². The third kappa shape index (κ3) is 3.61. The molecule has 0 unspecified atom stereocenters. The van der Waals surface area contributed by atoms with Gasteiger partial charge in [0.15, 0.2) is 0 Å². The van der Waals surface area contributed by atoms with Crippen molar-refractivity contribution in [1.29, 1.82) is 0 Å². The molecule has 0 atom stereocenters. The van der Waals surface area contributed by atoms with E-state index in [-0.39, 0.29) is 12.5 Å². The quantitative estimate of drug-likeness (QED) is 0.538. The Morgan fingerprint density at radius 1 is 1.42 bits per heavy atom. The van der Waals surface area contributed by atoms with Crippen LogP contribution < -0.4 is 16.4 Å². The van der Waals surface area contributed by atoms with E-state index in [0.717, 1.165) is 12.8 Å². The molecule has 102 valence electrons. The van der Waals surface area contributed by atoms with Crippen molar-refractivity contribution >= 4 is 23.3 Å². The van der Waals surface area contributed by atoms with Crippen molar-refractivity contribution in [3.05, 3.63) is 23.8 Å². The number of rotatable bonds is 5. The average molecular weight is 263 g/mol. The van der Waals surface area contributed by atoms with Gasteiger partial charge in [-0.3, -0.25) is 4.79 Å². The van der Waals surface area contributed by atoms with Crippen LogP contribution >= 0.6 is 0 Å². The van der Waals surface area contributed by atoms with Gasteiger partial charge < -0.3 is 21.1 Å². The van der Waals surface area contributed by atoms with Gasteiger partial charge in [-0.05, 0) is 31.0 Å². The Balaban J connectivity index is 1.92. The number of ether oxygens (including phenoxy) is 1. The summed E-state index contributed by atoms with van der Waals surface area (Å²) >= 11 is 0. The number of nitrogen functional groups attached to an aromatic ring is 1. The van der Waals surface area contributed by atoms with Crippen LogP contribution in [0.5, 0.6) is 0 Å². The molecule has 0 aliphatic heterocycles. The first-order valence-electron chi connectivity index (χ1n) is 6.11. The number of benzene rings is 1.